The Kier molecular flexibility index (Phi) is 12.9. The van der Waals surface area contributed by atoms with Crippen LogP contribution in [0.5, 0.6) is 17.2 Å². The first-order valence-corrected chi connectivity index (χ1v) is 16.2. The minimum atomic E-state index is -4.47. The number of hydrogen-bond acceptors (Lipinski definition) is 5. The van der Waals surface area contributed by atoms with Crippen LogP contribution in [0.15, 0.2) is 95.5 Å². The average Bonchev–Trinajstić information content (AvgIpc) is 3.06. The van der Waals surface area contributed by atoms with Crippen molar-refractivity contribution in [3.8, 4) is 28.4 Å². The van der Waals surface area contributed by atoms with Crippen molar-refractivity contribution in [2.45, 2.75) is 57.7 Å². The van der Waals surface area contributed by atoms with Crippen molar-refractivity contribution in [3.63, 3.8) is 0 Å². The Labute approximate surface area is 281 Å². The smallest absolute Gasteiger partial charge is 0.416 e. The zero-order chi connectivity index (χ0) is 33.8. The second-order valence-electron chi connectivity index (χ2n) is 11.0. The summed E-state index contributed by atoms with van der Waals surface area (Å²) in [6, 6.07) is 23.2. The van der Waals surface area contributed by atoms with Crippen LogP contribution in [0.1, 0.15) is 60.5 Å². The number of esters is 1. The van der Waals surface area contributed by atoms with Gasteiger partial charge in [0.25, 0.3) is 5.91 Å². The van der Waals surface area contributed by atoms with Crippen molar-refractivity contribution < 1.29 is 37.0 Å². The Morgan fingerprint density at radius 3 is 2.26 bits per heavy atom. The highest BCUT2D eigenvalue weighted by Gasteiger charge is 2.30. The van der Waals surface area contributed by atoms with Crippen LogP contribution in [-0.2, 0) is 22.1 Å². The van der Waals surface area contributed by atoms with Crippen LogP contribution in [0.2, 0.25) is 0 Å². The normalized spacial score (nSPS) is 11.9. The van der Waals surface area contributed by atoms with Gasteiger partial charge in [0.1, 0.15) is 23.3 Å². The molecule has 0 aromatic heterocycles. The van der Waals surface area contributed by atoms with Gasteiger partial charge in [-0.2, -0.15) is 13.2 Å². The number of carbonyl (C=O) groups excluding carboxylic acids is 2. The molecular weight excluding hydrogens is 675 g/mol. The van der Waals surface area contributed by atoms with E-state index in [2.05, 4.69) is 28.2 Å². The van der Waals surface area contributed by atoms with E-state index in [0.29, 0.717) is 33.7 Å². The van der Waals surface area contributed by atoms with Crippen molar-refractivity contribution in [2.24, 2.45) is 0 Å². The average molecular weight is 713 g/mol. The number of halogens is 4. The zero-order valence-electron chi connectivity index (χ0n) is 26.2. The van der Waals surface area contributed by atoms with E-state index < -0.39 is 29.7 Å². The first-order valence-electron chi connectivity index (χ1n) is 15.4. The Bertz CT molecular complexity index is 1630. The molecule has 4 rings (SSSR count). The van der Waals surface area contributed by atoms with Crippen molar-refractivity contribution in [3.05, 3.63) is 112 Å². The number of amides is 1. The fourth-order valence-electron chi connectivity index (χ4n) is 4.97. The molecule has 0 unspecified atom stereocenters. The summed E-state index contributed by atoms with van der Waals surface area (Å²) in [5.74, 6) is -0.180. The molecule has 0 radical (unpaired) electrons. The summed E-state index contributed by atoms with van der Waals surface area (Å²) >= 11 is 3.42. The van der Waals surface area contributed by atoms with Gasteiger partial charge >= 0.3 is 12.1 Å². The molecule has 0 heterocycles. The predicted molar refractivity (Wildman–Crippen MR) is 179 cm³/mol. The second-order valence-corrected chi connectivity index (χ2v) is 11.9. The Hall–Kier alpha value is -4.31. The van der Waals surface area contributed by atoms with E-state index in [-0.39, 0.29) is 17.7 Å². The zero-order valence-corrected chi connectivity index (χ0v) is 27.8. The molecule has 1 amide bonds. The molecule has 0 aliphatic heterocycles. The highest BCUT2D eigenvalue weighted by Crippen LogP contribution is 2.36. The van der Waals surface area contributed by atoms with Gasteiger partial charge in [-0.05, 0) is 66.1 Å². The summed E-state index contributed by atoms with van der Waals surface area (Å²) in [5, 5.41) is 2.79. The van der Waals surface area contributed by atoms with Gasteiger partial charge in [0.05, 0.1) is 24.8 Å². The van der Waals surface area contributed by atoms with E-state index in [0.717, 1.165) is 43.4 Å². The molecular formula is C37H37BrF3NO5. The van der Waals surface area contributed by atoms with Crippen LogP contribution in [0.3, 0.4) is 0 Å². The number of carbonyl (C=O) groups is 2. The largest absolute Gasteiger partial charge is 0.493 e. The van der Waals surface area contributed by atoms with Gasteiger partial charge in [-0.1, -0.05) is 91.0 Å². The maximum absolute atomic E-state index is 13.5. The van der Waals surface area contributed by atoms with Gasteiger partial charge in [0.2, 0.25) is 0 Å². The third-order valence-corrected chi connectivity index (χ3v) is 7.96. The summed E-state index contributed by atoms with van der Waals surface area (Å²) < 4.78 is 57.1. The third-order valence-electron chi connectivity index (χ3n) is 7.46. The molecule has 4 aromatic carbocycles. The number of ether oxygens (including phenoxy) is 3. The second kappa shape index (κ2) is 17.0. The standard InChI is InChI=1S/C37H37BrF3NO5/c1-3-4-5-6-10-21-46-33-20-16-28(38)24-31(33)35(43)42-32(36(44)45-2)22-25-13-19-30(26-11-8-7-9-12-26)34(23-25)47-29-17-14-27(15-18-29)37(39,40)41/h7-9,11-20,23-24,32H,3-6,10,21-22H2,1-2H3,(H,42,43)/t32-/m0/s1. The molecule has 6 nitrogen and oxygen atoms in total. The molecule has 47 heavy (non-hydrogen) atoms. The topological polar surface area (TPSA) is 73.9 Å². The van der Waals surface area contributed by atoms with Crippen LogP contribution in [-0.4, -0.2) is 31.6 Å². The van der Waals surface area contributed by atoms with Crippen LogP contribution in [0.25, 0.3) is 11.1 Å². The molecule has 10 heteroatoms. The van der Waals surface area contributed by atoms with E-state index in [1.807, 2.05) is 30.3 Å². The first-order chi connectivity index (χ1) is 22.6. The van der Waals surface area contributed by atoms with E-state index in [1.165, 1.54) is 25.7 Å². The number of methoxy groups -OCH3 is 1. The maximum atomic E-state index is 13.5. The van der Waals surface area contributed by atoms with Crippen LogP contribution in [0, 0.1) is 0 Å². The highest BCUT2D eigenvalue weighted by atomic mass is 79.9. The summed E-state index contributed by atoms with van der Waals surface area (Å²) in [6.45, 7) is 2.61. The quantitative estimate of drug-likeness (QED) is 0.0982. The molecule has 0 aliphatic rings. The molecule has 0 spiro atoms. The number of benzene rings is 4. The Morgan fingerprint density at radius 2 is 1.57 bits per heavy atom. The summed E-state index contributed by atoms with van der Waals surface area (Å²) in [6.07, 6.45) is 0.901. The fourth-order valence-corrected chi connectivity index (χ4v) is 5.33. The van der Waals surface area contributed by atoms with Crippen molar-refractivity contribution in [1.29, 1.82) is 0 Å². The minimum absolute atomic E-state index is 0.0540. The lowest BCUT2D eigenvalue weighted by Gasteiger charge is -2.19. The van der Waals surface area contributed by atoms with Gasteiger partial charge < -0.3 is 19.5 Å². The number of nitrogens with one attached hydrogen (secondary N) is 1. The summed E-state index contributed by atoms with van der Waals surface area (Å²) in [7, 11) is 1.24. The predicted octanol–water partition coefficient (Wildman–Crippen LogP) is 9.79. The number of hydrogen-bond donors (Lipinski definition) is 1. The SMILES string of the molecule is CCCCCCCOc1ccc(Br)cc1C(=O)N[C@@H](Cc1ccc(-c2ccccc2)c(Oc2ccc(C(F)(F)F)cc2)c1)C(=O)OC. The van der Waals surface area contributed by atoms with Crippen molar-refractivity contribution in [1.82, 2.24) is 5.32 Å². The van der Waals surface area contributed by atoms with Gasteiger partial charge in [0.15, 0.2) is 0 Å². The van der Waals surface area contributed by atoms with Crippen LogP contribution in [0.4, 0.5) is 13.2 Å². The molecule has 0 fully saturated rings. The van der Waals surface area contributed by atoms with Gasteiger partial charge in [-0.15, -0.1) is 0 Å². The lowest BCUT2D eigenvalue weighted by Crippen LogP contribution is -2.43. The molecule has 0 saturated heterocycles. The summed E-state index contributed by atoms with van der Waals surface area (Å²) in [5.41, 5.74) is 1.63. The first kappa shape index (κ1) is 35.5. The van der Waals surface area contributed by atoms with Crippen molar-refractivity contribution in [2.75, 3.05) is 13.7 Å². The van der Waals surface area contributed by atoms with Gasteiger partial charge in [-0.3, -0.25) is 4.79 Å². The minimum Gasteiger partial charge on any atom is -0.493 e. The van der Waals surface area contributed by atoms with E-state index >= 15 is 0 Å². The third kappa shape index (κ3) is 10.3. The van der Waals surface area contributed by atoms with Gasteiger partial charge in [0, 0.05) is 16.5 Å². The highest BCUT2D eigenvalue weighted by molar-refractivity contribution is 9.10. The fraction of sp³-hybridized carbons (Fsp3) is 0.297. The Morgan fingerprint density at radius 1 is 0.851 bits per heavy atom. The molecule has 1 atom stereocenters. The van der Waals surface area contributed by atoms with E-state index in [4.69, 9.17) is 14.2 Å². The van der Waals surface area contributed by atoms with Crippen LogP contribution >= 0.6 is 15.9 Å². The number of rotatable bonds is 15. The lowest BCUT2D eigenvalue weighted by atomic mass is 9.99. The van der Waals surface area contributed by atoms with E-state index in [1.54, 1.807) is 36.4 Å². The Balaban J connectivity index is 1.57. The number of unbranched alkanes of at least 4 members (excludes halogenated alkanes) is 4. The molecule has 4 aromatic rings. The summed E-state index contributed by atoms with van der Waals surface area (Å²) in [4.78, 5) is 26.4. The molecule has 0 bridgehead atoms. The maximum Gasteiger partial charge on any atom is 0.416 e. The van der Waals surface area contributed by atoms with Crippen molar-refractivity contribution >= 4 is 27.8 Å². The molecule has 0 aliphatic carbocycles. The lowest BCUT2D eigenvalue weighted by molar-refractivity contribution is -0.143. The number of alkyl halides is 3. The monoisotopic (exact) mass is 711 g/mol. The molecule has 248 valence electrons. The van der Waals surface area contributed by atoms with E-state index in [9.17, 15) is 22.8 Å². The van der Waals surface area contributed by atoms with Gasteiger partial charge in [-0.25, -0.2) is 4.79 Å². The molecule has 0 saturated carbocycles. The molecule has 1 N–H and O–H groups in total. The van der Waals surface area contributed by atoms with Crippen LogP contribution < -0.4 is 14.8 Å².